The van der Waals surface area contributed by atoms with Crippen molar-refractivity contribution in [3.63, 3.8) is 0 Å². The third-order valence-electron chi connectivity index (χ3n) is 6.07. The van der Waals surface area contributed by atoms with Crippen molar-refractivity contribution in [2.45, 2.75) is 25.7 Å². The number of hydrogen-bond donors (Lipinski definition) is 2. The number of ether oxygens (including phenoxy) is 1. The Morgan fingerprint density at radius 3 is 2.68 bits per heavy atom. The van der Waals surface area contributed by atoms with E-state index >= 15 is 0 Å². The Bertz CT molecular complexity index is 1180. The fourth-order valence-corrected chi connectivity index (χ4v) is 4.13. The predicted octanol–water partition coefficient (Wildman–Crippen LogP) is 2.97. The summed E-state index contributed by atoms with van der Waals surface area (Å²) in [5.41, 5.74) is 2.41. The quantitative estimate of drug-likeness (QED) is 0.508. The van der Waals surface area contributed by atoms with E-state index in [0.717, 1.165) is 29.4 Å². The normalized spacial score (nSPS) is 16.7. The third kappa shape index (κ3) is 5.51. The number of anilines is 1. The lowest BCUT2D eigenvalue weighted by Gasteiger charge is -2.33. The molecule has 1 aromatic carbocycles. The average Bonchev–Trinajstić information content (AvgIpc) is 2.90. The molecule has 2 aromatic rings. The van der Waals surface area contributed by atoms with Gasteiger partial charge in [0.15, 0.2) is 0 Å². The molecule has 1 fully saturated rings. The fraction of sp³-hybridized carbons (Fsp3) is 0.308. The molecule has 0 bridgehead atoms. The number of methoxy groups -OCH3 is 1. The molecule has 2 heterocycles. The molecular formula is C26H28N4O4. The van der Waals surface area contributed by atoms with E-state index in [0.29, 0.717) is 31.5 Å². The van der Waals surface area contributed by atoms with Crippen LogP contribution in [0.25, 0.3) is 10.9 Å². The number of nitrogens with zero attached hydrogens (tertiary/aromatic N) is 2. The molecule has 0 saturated carbocycles. The van der Waals surface area contributed by atoms with Crippen LogP contribution in [0.1, 0.15) is 25.7 Å². The lowest BCUT2D eigenvalue weighted by Crippen LogP contribution is -2.41. The lowest BCUT2D eigenvalue weighted by atomic mass is 9.95. The molecule has 1 aromatic heterocycles. The largest absolute Gasteiger partial charge is 0.464 e. The first-order valence-electron chi connectivity index (χ1n) is 11.4. The first-order valence-corrected chi connectivity index (χ1v) is 11.4. The first kappa shape index (κ1) is 23.2. The van der Waals surface area contributed by atoms with Crippen molar-refractivity contribution in [2.75, 3.05) is 25.1 Å². The second-order valence-electron chi connectivity index (χ2n) is 8.30. The molecule has 0 unspecified atom stereocenters. The van der Waals surface area contributed by atoms with E-state index in [-0.39, 0.29) is 23.4 Å². The number of esters is 1. The molecule has 34 heavy (non-hydrogen) atoms. The highest BCUT2D eigenvalue weighted by Gasteiger charge is 2.27. The number of allylic oxidation sites excluding steroid dienone is 2. The van der Waals surface area contributed by atoms with Gasteiger partial charge in [0.05, 0.1) is 24.5 Å². The summed E-state index contributed by atoms with van der Waals surface area (Å²) in [6, 6.07) is 10.1. The molecule has 1 aliphatic carbocycles. The van der Waals surface area contributed by atoms with Crippen molar-refractivity contribution < 1.29 is 19.1 Å². The first-order chi connectivity index (χ1) is 16.5. The van der Waals surface area contributed by atoms with E-state index in [1.165, 1.54) is 13.3 Å². The molecule has 2 aliphatic rings. The number of aromatic nitrogens is 1. The maximum Gasteiger partial charge on any atom is 0.356 e. The SMILES string of the molecule is COC(=O)/C(=C\NC(=O)C1=CCCC=C1)NC(=O)C1CCN(c2cnc3ccccc3c2)CC1. The van der Waals surface area contributed by atoms with Gasteiger partial charge in [-0.3, -0.25) is 14.6 Å². The van der Waals surface area contributed by atoms with Gasteiger partial charge in [0.25, 0.3) is 5.91 Å². The Balaban J connectivity index is 1.35. The van der Waals surface area contributed by atoms with Gasteiger partial charge in [-0.05, 0) is 37.8 Å². The van der Waals surface area contributed by atoms with Gasteiger partial charge in [0, 0.05) is 36.2 Å². The van der Waals surface area contributed by atoms with Crippen LogP contribution in [0.2, 0.25) is 0 Å². The summed E-state index contributed by atoms with van der Waals surface area (Å²) in [6.07, 6.45) is 11.5. The summed E-state index contributed by atoms with van der Waals surface area (Å²) < 4.78 is 4.77. The molecule has 2 amide bonds. The van der Waals surface area contributed by atoms with E-state index in [4.69, 9.17) is 4.74 Å². The van der Waals surface area contributed by atoms with Gasteiger partial charge < -0.3 is 20.3 Å². The van der Waals surface area contributed by atoms with Gasteiger partial charge in [0.2, 0.25) is 5.91 Å². The zero-order chi connectivity index (χ0) is 23.9. The number of carbonyl (C=O) groups is 3. The van der Waals surface area contributed by atoms with E-state index in [2.05, 4.69) is 26.6 Å². The van der Waals surface area contributed by atoms with E-state index in [9.17, 15) is 14.4 Å². The zero-order valence-electron chi connectivity index (χ0n) is 19.1. The second-order valence-corrected chi connectivity index (χ2v) is 8.30. The smallest absolute Gasteiger partial charge is 0.356 e. The van der Waals surface area contributed by atoms with Gasteiger partial charge in [-0.1, -0.05) is 36.4 Å². The summed E-state index contributed by atoms with van der Waals surface area (Å²) in [7, 11) is 1.23. The minimum atomic E-state index is -0.721. The molecule has 8 nitrogen and oxygen atoms in total. The summed E-state index contributed by atoms with van der Waals surface area (Å²) in [5.74, 6) is -1.58. The van der Waals surface area contributed by atoms with Gasteiger partial charge in [-0.25, -0.2) is 4.79 Å². The van der Waals surface area contributed by atoms with Crippen LogP contribution in [0.4, 0.5) is 5.69 Å². The van der Waals surface area contributed by atoms with E-state index in [1.807, 2.05) is 42.6 Å². The fourth-order valence-electron chi connectivity index (χ4n) is 4.13. The van der Waals surface area contributed by atoms with Crippen LogP contribution in [-0.2, 0) is 19.1 Å². The number of amides is 2. The van der Waals surface area contributed by atoms with Gasteiger partial charge in [-0.2, -0.15) is 0 Å². The lowest BCUT2D eigenvalue weighted by molar-refractivity contribution is -0.138. The molecule has 0 atom stereocenters. The van der Waals surface area contributed by atoms with Crippen molar-refractivity contribution in [3.05, 3.63) is 72.2 Å². The van der Waals surface area contributed by atoms with Crippen LogP contribution < -0.4 is 15.5 Å². The summed E-state index contributed by atoms with van der Waals surface area (Å²) in [6.45, 7) is 1.40. The van der Waals surface area contributed by atoms with Crippen LogP contribution in [0, 0.1) is 5.92 Å². The standard InChI is InChI=1S/C26H28N4O4/c1-34-26(33)23(17-28-24(31)18-7-3-2-4-8-18)29-25(32)19-11-13-30(14-12-19)21-15-20-9-5-6-10-22(20)27-16-21/h3,5-10,15-17,19H,2,4,11-14H2,1H3,(H,28,31)(H,29,32)/b23-17+. The number of fused-ring (bicyclic) bond motifs is 1. The van der Waals surface area contributed by atoms with Crippen LogP contribution in [0.3, 0.4) is 0 Å². The van der Waals surface area contributed by atoms with Crippen molar-refractivity contribution in [2.24, 2.45) is 5.92 Å². The number of pyridine rings is 1. The highest BCUT2D eigenvalue weighted by atomic mass is 16.5. The van der Waals surface area contributed by atoms with E-state index < -0.39 is 5.97 Å². The maximum absolute atomic E-state index is 12.9. The topological polar surface area (TPSA) is 101 Å². The second kappa shape index (κ2) is 10.8. The number of benzene rings is 1. The summed E-state index contributed by atoms with van der Waals surface area (Å²) in [4.78, 5) is 44.1. The molecule has 1 saturated heterocycles. The Morgan fingerprint density at radius 1 is 1.15 bits per heavy atom. The van der Waals surface area contributed by atoms with Crippen LogP contribution >= 0.6 is 0 Å². The maximum atomic E-state index is 12.9. The van der Waals surface area contributed by atoms with Gasteiger partial charge >= 0.3 is 5.97 Å². The van der Waals surface area contributed by atoms with E-state index in [1.54, 1.807) is 6.08 Å². The molecular weight excluding hydrogens is 432 g/mol. The predicted molar refractivity (Wildman–Crippen MR) is 130 cm³/mol. The number of hydrogen-bond acceptors (Lipinski definition) is 6. The van der Waals surface area contributed by atoms with Crippen molar-refractivity contribution in [3.8, 4) is 0 Å². The van der Waals surface area contributed by atoms with Crippen molar-refractivity contribution in [1.29, 1.82) is 0 Å². The molecule has 2 N–H and O–H groups in total. The molecule has 1 aliphatic heterocycles. The number of nitrogens with one attached hydrogen (secondary N) is 2. The summed E-state index contributed by atoms with van der Waals surface area (Å²) in [5, 5.41) is 6.28. The number of rotatable bonds is 6. The van der Waals surface area contributed by atoms with Crippen molar-refractivity contribution in [1.82, 2.24) is 15.6 Å². The Labute approximate surface area is 198 Å². The Hall–Kier alpha value is -3.94. The molecule has 0 radical (unpaired) electrons. The van der Waals surface area contributed by atoms with Crippen LogP contribution in [-0.4, -0.2) is 43.0 Å². The van der Waals surface area contributed by atoms with Gasteiger partial charge in [-0.15, -0.1) is 0 Å². The number of piperidine rings is 1. The average molecular weight is 461 g/mol. The molecule has 4 rings (SSSR count). The number of carbonyl (C=O) groups excluding carboxylic acids is 3. The minimum Gasteiger partial charge on any atom is -0.464 e. The minimum absolute atomic E-state index is 0.0950. The highest BCUT2D eigenvalue weighted by Crippen LogP contribution is 2.25. The zero-order valence-corrected chi connectivity index (χ0v) is 19.1. The Kier molecular flexibility index (Phi) is 7.37. The monoisotopic (exact) mass is 460 g/mol. The third-order valence-corrected chi connectivity index (χ3v) is 6.07. The van der Waals surface area contributed by atoms with Crippen LogP contribution in [0.15, 0.2) is 72.2 Å². The van der Waals surface area contributed by atoms with Crippen LogP contribution in [0.5, 0.6) is 0 Å². The number of para-hydroxylation sites is 1. The summed E-state index contributed by atoms with van der Waals surface area (Å²) >= 11 is 0. The van der Waals surface area contributed by atoms with Gasteiger partial charge in [0.1, 0.15) is 5.70 Å². The molecule has 176 valence electrons. The molecule has 0 spiro atoms. The molecule has 8 heteroatoms. The van der Waals surface area contributed by atoms with Crippen molar-refractivity contribution >= 4 is 34.4 Å². The highest BCUT2D eigenvalue weighted by molar-refractivity contribution is 5.99. The Morgan fingerprint density at radius 2 is 1.94 bits per heavy atom.